The van der Waals surface area contributed by atoms with Gasteiger partial charge in [0.15, 0.2) is 0 Å². The number of amidine groups is 1. The van der Waals surface area contributed by atoms with E-state index in [1.165, 1.54) is 12.1 Å². The number of nitrogens with zero attached hydrogens (tertiary/aromatic N) is 3. The Morgan fingerprint density at radius 3 is 2.69 bits per heavy atom. The third-order valence-electron chi connectivity index (χ3n) is 5.03. The molecule has 1 aliphatic carbocycles. The van der Waals surface area contributed by atoms with Crippen LogP contribution in [-0.2, 0) is 6.61 Å². The summed E-state index contributed by atoms with van der Waals surface area (Å²) in [4.78, 5) is 9.09. The second-order valence-corrected chi connectivity index (χ2v) is 6.95. The summed E-state index contributed by atoms with van der Waals surface area (Å²) in [6.07, 6.45) is 11.2. The molecule has 0 aromatic heterocycles. The van der Waals surface area contributed by atoms with Crippen LogP contribution in [0.15, 0.2) is 106 Å². The van der Waals surface area contributed by atoms with Crippen LogP contribution in [0.5, 0.6) is 5.75 Å². The smallest absolute Gasteiger partial charge is 0.265 e. The van der Waals surface area contributed by atoms with Gasteiger partial charge in [0.05, 0.1) is 18.0 Å². The van der Waals surface area contributed by atoms with Gasteiger partial charge in [0.1, 0.15) is 30.1 Å². The van der Waals surface area contributed by atoms with Gasteiger partial charge in [-0.15, -0.1) is 4.59 Å². The molecule has 2 heterocycles. The average molecular weight is 385 g/mol. The summed E-state index contributed by atoms with van der Waals surface area (Å²) < 4.78 is 18.9. The molecule has 0 radical (unpaired) electrons. The number of quaternary nitrogens is 1. The molecule has 1 atom stereocenters. The van der Waals surface area contributed by atoms with Crippen LogP contribution in [0.4, 0.5) is 4.39 Å². The minimum absolute atomic E-state index is 0.0363. The lowest BCUT2D eigenvalue weighted by molar-refractivity contribution is -0.750. The minimum Gasteiger partial charge on any atom is -0.489 e. The maximum Gasteiger partial charge on any atom is 0.265 e. The van der Waals surface area contributed by atoms with Crippen molar-refractivity contribution in [1.82, 2.24) is 0 Å². The fourth-order valence-corrected chi connectivity index (χ4v) is 3.41. The van der Waals surface area contributed by atoms with Crippen LogP contribution in [0.3, 0.4) is 0 Å². The lowest BCUT2D eigenvalue weighted by atomic mass is 10.0. The van der Waals surface area contributed by atoms with Crippen molar-refractivity contribution in [1.29, 1.82) is 0 Å². The molecule has 142 valence electrons. The van der Waals surface area contributed by atoms with Crippen LogP contribution in [0.25, 0.3) is 0 Å². The molecule has 2 aromatic carbocycles. The molecule has 5 rings (SSSR count). The van der Waals surface area contributed by atoms with Gasteiger partial charge in [0.2, 0.25) is 5.70 Å². The molecule has 0 spiro atoms. The maximum atomic E-state index is 13.1. The number of benzene rings is 2. The number of allylic oxidation sites excluding steroid dienone is 4. The maximum absolute atomic E-state index is 13.1. The molecule has 2 aliphatic heterocycles. The molecule has 5 nitrogen and oxygen atoms in total. The van der Waals surface area contributed by atoms with Gasteiger partial charge in [-0.3, -0.25) is 4.99 Å². The summed E-state index contributed by atoms with van der Waals surface area (Å²) in [5.74, 6) is 7.85. The molecular weight excluding hydrogens is 367 g/mol. The Morgan fingerprint density at radius 1 is 1.10 bits per heavy atom. The lowest BCUT2D eigenvalue weighted by Crippen LogP contribution is -2.53. The van der Waals surface area contributed by atoms with Gasteiger partial charge < -0.3 is 4.74 Å². The first-order valence-corrected chi connectivity index (χ1v) is 9.22. The minimum atomic E-state index is -0.263. The van der Waals surface area contributed by atoms with Crippen molar-refractivity contribution in [2.24, 2.45) is 15.8 Å². The van der Waals surface area contributed by atoms with E-state index in [1.807, 2.05) is 48.7 Å². The van der Waals surface area contributed by atoms with Crippen molar-refractivity contribution in [2.75, 3.05) is 0 Å². The Bertz CT molecular complexity index is 1170. The lowest BCUT2D eigenvalue weighted by Gasteiger charge is -2.26. The van der Waals surface area contributed by atoms with E-state index in [4.69, 9.17) is 15.6 Å². The van der Waals surface area contributed by atoms with Gasteiger partial charge >= 0.3 is 0 Å². The standard InChI is InChI=1S/C23H18FN4O/c24-19-9-7-16(8-10-19)15-29-20-6-2-5-18(13-20)23-27-22(17-3-1-4-17)21-14-26-11-12-28(21,23)25/h1-14H,15,25H2/q+1. The first-order chi connectivity index (χ1) is 14.1. The molecule has 0 saturated heterocycles. The van der Waals surface area contributed by atoms with Crippen molar-refractivity contribution in [3.05, 3.63) is 113 Å². The van der Waals surface area contributed by atoms with E-state index >= 15 is 0 Å². The number of ether oxygens (including phenoxy) is 1. The Balaban J connectivity index is 1.44. The van der Waals surface area contributed by atoms with Crippen LogP contribution >= 0.6 is 0 Å². The van der Waals surface area contributed by atoms with Gasteiger partial charge in [0.25, 0.3) is 5.84 Å². The van der Waals surface area contributed by atoms with Gasteiger partial charge in [0, 0.05) is 5.57 Å². The van der Waals surface area contributed by atoms with E-state index < -0.39 is 0 Å². The summed E-state index contributed by atoms with van der Waals surface area (Å²) in [7, 11) is 0. The van der Waals surface area contributed by atoms with Crippen LogP contribution in [0.1, 0.15) is 11.1 Å². The van der Waals surface area contributed by atoms with Crippen LogP contribution < -0.4 is 10.6 Å². The van der Waals surface area contributed by atoms with Crippen LogP contribution in [0, 0.1) is 5.82 Å². The van der Waals surface area contributed by atoms with Crippen molar-refractivity contribution in [2.45, 2.75) is 6.61 Å². The summed E-state index contributed by atoms with van der Waals surface area (Å²) in [6, 6.07) is 13.9. The Kier molecular flexibility index (Phi) is 4.08. The molecule has 3 aliphatic rings. The molecule has 0 saturated carbocycles. The summed E-state index contributed by atoms with van der Waals surface area (Å²) in [5, 5.41) is 0. The van der Waals surface area contributed by atoms with E-state index in [1.54, 1.807) is 24.5 Å². The van der Waals surface area contributed by atoms with Crippen molar-refractivity contribution < 1.29 is 13.7 Å². The van der Waals surface area contributed by atoms with Gasteiger partial charge in [-0.2, -0.15) is 10.8 Å². The molecule has 1 unspecified atom stereocenters. The molecule has 2 N–H and O–H groups in total. The largest absolute Gasteiger partial charge is 0.489 e. The molecule has 29 heavy (non-hydrogen) atoms. The summed E-state index contributed by atoms with van der Waals surface area (Å²) in [5.41, 5.74) is 4.45. The molecule has 0 fully saturated rings. The third-order valence-corrected chi connectivity index (χ3v) is 5.03. The number of halogens is 1. The Labute approximate surface area is 167 Å². The van der Waals surface area contributed by atoms with Crippen LogP contribution in [0.2, 0.25) is 0 Å². The zero-order valence-corrected chi connectivity index (χ0v) is 15.5. The van der Waals surface area contributed by atoms with Gasteiger partial charge in [-0.25, -0.2) is 4.39 Å². The second kappa shape index (κ2) is 6.77. The summed E-state index contributed by atoms with van der Waals surface area (Å²) >= 11 is 0. The Hall–Kier alpha value is -3.61. The highest BCUT2D eigenvalue weighted by Gasteiger charge is 2.44. The van der Waals surface area contributed by atoms with E-state index in [-0.39, 0.29) is 10.4 Å². The van der Waals surface area contributed by atoms with Crippen molar-refractivity contribution in [3.8, 4) is 5.75 Å². The predicted molar refractivity (Wildman–Crippen MR) is 110 cm³/mol. The molecule has 6 heteroatoms. The Morgan fingerprint density at radius 2 is 1.93 bits per heavy atom. The number of nitrogens with two attached hydrogens (primary N) is 1. The highest BCUT2D eigenvalue weighted by atomic mass is 19.1. The zero-order chi connectivity index (χ0) is 19.8. The SMILES string of the molecule is N[N+]12C=CN=CC1=C(C1=CC=C1)N=C2c1cccc(OCc2ccc(F)cc2)c1. The first kappa shape index (κ1) is 17.5. The highest BCUT2D eigenvalue weighted by Crippen LogP contribution is 2.36. The normalized spacial score (nSPS) is 21.6. The van der Waals surface area contributed by atoms with E-state index in [2.05, 4.69) is 4.99 Å². The third kappa shape index (κ3) is 3.04. The predicted octanol–water partition coefficient (Wildman–Crippen LogP) is 4.12. The molecule has 0 amide bonds. The monoisotopic (exact) mass is 385 g/mol. The number of hydrogen-bond donors (Lipinski definition) is 1. The highest BCUT2D eigenvalue weighted by molar-refractivity contribution is 6.01. The van der Waals surface area contributed by atoms with E-state index in [0.29, 0.717) is 18.2 Å². The number of aliphatic imine (C=N–C) groups is 2. The quantitative estimate of drug-likeness (QED) is 0.622. The molecule has 2 aromatic rings. The summed E-state index contributed by atoms with van der Waals surface area (Å²) in [6.45, 7) is 0.345. The number of rotatable bonds is 5. The average Bonchev–Trinajstić information content (AvgIpc) is 2.99. The number of fused-ring (bicyclic) bond motifs is 1. The first-order valence-electron chi connectivity index (χ1n) is 9.22. The fourth-order valence-electron chi connectivity index (χ4n) is 3.41. The van der Waals surface area contributed by atoms with Gasteiger partial charge in [-0.1, -0.05) is 36.4 Å². The van der Waals surface area contributed by atoms with E-state index in [9.17, 15) is 4.39 Å². The second-order valence-electron chi connectivity index (χ2n) is 6.95. The fraction of sp³-hybridized carbons (Fsp3) is 0.0435. The topological polar surface area (TPSA) is 60.0 Å². The van der Waals surface area contributed by atoms with Crippen LogP contribution in [-0.4, -0.2) is 16.6 Å². The molecular formula is C23H18FN4O+. The number of hydrogen-bond acceptors (Lipinski definition) is 4. The van der Waals surface area contributed by atoms with Gasteiger partial charge in [-0.05, 0) is 35.9 Å². The van der Waals surface area contributed by atoms with E-state index in [0.717, 1.165) is 28.1 Å². The van der Waals surface area contributed by atoms with Crippen molar-refractivity contribution >= 4 is 12.1 Å². The molecule has 0 bridgehead atoms. The van der Waals surface area contributed by atoms with Crippen molar-refractivity contribution in [3.63, 3.8) is 0 Å². The zero-order valence-electron chi connectivity index (χ0n) is 15.5.